The molecule has 6 rings (SSSR count). The number of fused-ring (bicyclic) bond motifs is 4. The predicted octanol–water partition coefficient (Wildman–Crippen LogP) is 9.43. The molecule has 0 aromatic heterocycles. The Bertz CT molecular complexity index is 1470. The third-order valence-electron chi connectivity index (χ3n) is 7.77. The van der Waals surface area contributed by atoms with E-state index < -0.39 is 0 Å². The molecule has 0 aliphatic carbocycles. The van der Waals surface area contributed by atoms with Crippen molar-refractivity contribution in [1.82, 2.24) is 0 Å². The van der Waals surface area contributed by atoms with Crippen molar-refractivity contribution in [3.63, 3.8) is 0 Å². The van der Waals surface area contributed by atoms with Crippen LogP contribution in [0.4, 0.5) is 17.1 Å². The van der Waals surface area contributed by atoms with E-state index in [1.165, 1.54) is 39.1 Å². The van der Waals surface area contributed by atoms with E-state index in [0.29, 0.717) is 0 Å². The Morgan fingerprint density at radius 3 is 2.23 bits per heavy atom. The molecule has 0 saturated heterocycles. The molecule has 0 amide bonds. The molecule has 4 aromatic rings. The van der Waals surface area contributed by atoms with Gasteiger partial charge in [0.05, 0.1) is 17.1 Å². The molecular weight excluding hydrogens is 426 g/mol. The van der Waals surface area contributed by atoms with E-state index in [1.54, 1.807) is 0 Å². The van der Waals surface area contributed by atoms with E-state index in [-0.39, 0.29) is 10.8 Å². The van der Waals surface area contributed by atoms with E-state index in [1.807, 2.05) is 6.07 Å². The second kappa shape index (κ2) is 7.49. The number of hydrogen-bond donors (Lipinski definition) is 0. The first-order valence-corrected chi connectivity index (χ1v) is 12.7. The molecule has 176 valence electrons. The lowest BCUT2D eigenvalue weighted by Gasteiger charge is -2.45. The number of nitrogens with zero attached hydrogens (tertiary/aromatic N) is 1. The second-order valence-corrected chi connectivity index (χ2v) is 11.4. The number of ether oxygens (including phenoxy) is 1. The summed E-state index contributed by atoms with van der Waals surface area (Å²) >= 11 is 0. The molecule has 0 unspecified atom stereocenters. The summed E-state index contributed by atoms with van der Waals surface area (Å²) in [5.74, 6) is 1.82. The summed E-state index contributed by atoms with van der Waals surface area (Å²) in [5, 5.41) is 0. The Morgan fingerprint density at radius 2 is 1.46 bits per heavy atom. The molecule has 2 nitrogen and oxygen atoms in total. The van der Waals surface area contributed by atoms with E-state index in [9.17, 15) is 0 Å². The predicted molar refractivity (Wildman–Crippen MR) is 147 cm³/mol. The molecule has 0 atom stereocenters. The minimum atomic E-state index is -0.131. The number of aryl methyl sites for hydroxylation is 1. The summed E-state index contributed by atoms with van der Waals surface area (Å²) in [4.78, 5) is 2.42. The minimum absolute atomic E-state index is 0.106. The Morgan fingerprint density at radius 1 is 0.743 bits per heavy atom. The van der Waals surface area contributed by atoms with Crippen molar-refractivity contribution >= 4 is 17.1 Å². The average molecular weight is 460 g/mol. The number of hydrogen-bond acceptors (Lipinski definition) is 2. The van der Waals surface area contributed by atoms with Gasteiger partial charge < -0.3 is 9.64 Å². The van der Waals surface area contributed by atoms with Crippen LogP contribution in [0.25, 0.3) is 11.1 Å². The van der Waals surface area contributed by atoms with Crippen molar-refractivity contribution < 1.29 is 4.74 Å². The first-order chi connectivity index (χ1) is 16.7. The van der Waals surface area contributed by atoms with E-state index >= 15 is 0 Å². The molecule has 0 saturated carbocycles. The van der Waals surface area contributed by atoms with Crippen molar-refractivity contribution in [2.45, 2.75) is 58.8 Å². The molecule has 0 N–H and O–H groups in total. The van der Waals surface area contributed by atoms with Crippen molar-refractivity contribution in [2.24, 2.45) is 0 Å². The van der Waals surface area contributed by atoms with E-state index in [2.05, 4.69) is 119 Å². The first kappa shape index (κ1) is 22.0. The SMILES string of the molecule is CCc1ccc(-c2ccc3c(c2)N2c4ccccc4Oc4cccc(c42)C3(C)C)cc1C(C)(C)C. The van der Waals surface area contributed by atoms with Crippen LogP contribution in [0.1, 0.15) is 63.8 Å². The van der Waals surface area contributed by atoms with Gasteiger partial charge in [0.2, 0.25) is 0 Å². The first-order valence-electron chi connectivity index (χ1n) is 12.7. The number of rotatable bonds is 2. The van der Waals surface area contributed by atoms with Gasteiger partial charge >= 0.3 is 0 Å². The lowest BCUT2D eigenvalue weighted by atomic mass is 9.72. The average Bonchev–Trinajstić information content (AvgIpc) is 2.85. The highest BCUT2D eigenvalue weighted by Crippen LogP contribution is 2.59. The molecule has 35 heavy (non-hydrogen) atoms. The lowest BCUT2D eigenvalue weighted by Crippen LogP contribution is -2.32. The lowest BCUT2D eigenvalue weighted by molar-refractivity contribution is 0.471. The van der Waals surface area contributed by atoms with Gasteiger partial charge in [-0.05, 0) is 69.5 Å². The van der Waals surface area contributed by atoms with Crippen LogP contribution in [-0.4, -0.2) is 0 Å². The maximum absolute atomic E-state index is 6.38. The highest BCUT2D eigenvalue weighted by molar-refractivity contribution is 5.94. The molecule has 2 heteroatoms. The number of benzene rings is 4. The monoisotopic (exact) mass is 459 g/mol. The van der Waals surface area contributed by atoms with Gasteiger partial charge in [0.15, 0.2) is 11.5 Å². The molecule has 4 aromatic carbocycles. The van der Waals surface area contributed by atoms with Crippen LogP contribution in [0, 0.1) is 0 Å². The quantitative estimate of drug-likeness (QED) is 0.261. The Kier molecular flexibility index (Phi) is 4.70. The van der Waals surface area contributed by atoms with Crippen LogP contribution >= 0.6 is 0 Å². The Labute approximate surface area is 209 Å². The van der Waals surface area contributed by atoms with Gasteiger partial charge in [0.25, 0.3) is 0 Å². The van der Waals surface area contributed by atoms with Gasteiger partial charge in [-0.3, -0.25) is 0 Å². The molecular formula is C33H33NO. The van der Waals surface area contributed by atoms with Gasteiger partial charge in [-0.1, -0.05) is 96.1 Å². The van der Waals surface area contributed by atoms with Gasteiger partial charge in [-0.15, -0.1) is 0 Å². The zero-order chi connectivity index (χ0) is 24.5. The smallest absolute Gasteiger partial charge is 0.151 e. The molecule has 0 fully saturated rings. The van der Waals surface area contributed by atoms with Gasteiger partial charge in [-0.2, -0.15) is 0 Å². The van der Waals surface area contributed by atoms with Gasteiger partial charge in [0.1, 0.15) is 0 Å². The van der Waals surface area contributed by atoms with Crippen LogP contribution in [0.3, 0.4) is 0 Å². The summed E-state index contributed by atoms with van der Waals surface area (Å²) in [6.45, 7) is 13.8. The summed E-state index contributed by atoms with van der Waals surface area (Å²) in [7, 11) is 0. The van der Waals surface area contributed by atoms with Crippen molar-refractivity contribution in [3.05, 3.63) is 101 Å². The molecule has 2 aliphatic heterocycles. The standard InChI is InChI=1S/C33H33NO/c1-7-21-15-16-22(19-26(21)32(2,3)4)23-17-18-24-28(20-23)34-27-12-8-9-13-29(27)35-30-14-10-11-25(31(30)34)33(24,5)6/h8-20H,7H2,1-6H3. The second-order valence-electron chi connectivity index (χ2n) is 11.4. The van der Waals surface area contributed by atoms with Crippen LogP contribution in [-0.2, 0) is 17.3 Å². The zero-order valence-electron chi connectivity index (χ0n) is 21.6. The third kappa shape index (κ3) is 3.23. The van der Waals surface area contributed by atoms with E-state index in [4.69, 9.17) is 4.74 Å². The van der Waals surface area contributed by atoms with Gasteiger partial charge in [0, 0.05) is 5.41 Å². The number of para-hydroxylation sites is 3. The van der Waals surface area contributed by atoms with Crippen molar-refractivity contribution in [3.8, 4) is 22.6 Å². The fourth-order valence-electron chi connectivity index (χ4n) is 5.89. The Balaban J connectivity index is 1.59. The summed E-state index contributed by atoms with van der Waals surface area (Å²) in [6, 6.07) is 28.8. The molecule has 0 spiro atoms. The van der Waals surface area contributed by atoms with Crippen LogP contribution < -0.4 is 9.64 Å². The summed E-state index contributed by atoms with van der Waals surface area (Å²) in [6.07, 6.45) is 1.05. The Hall–Kier alpha value is -3.52. The third-order valence-corrected chi connectivity index (χ3v) is 7.77. The fourth-order valence-corrected chi connectivity index (χ4v) is 5.89. The topological polar surface area (TPSA) is 12.5 Å². The normalized spacial score (nSPS) is 15.1. The zero-order valence-corrected chi connectivity index (χ0v) is 21.6. The van der Waals surface area contributed by atoms with E-state index in [0.717, 1.165) is 29.3 Å². The highest BCUT2D eigenvalue weighted by Gasteiger charge is 2.41. The fraction of sp³-hybridized carbons (Fsp3) is 0.273. The maximum atomic E-state index is 6.38. The van der Waals surface area contributed by atoms with Crippen LogP contribution in [0.15, 0.2) is 78.9 Å². The minimum Gasteiger partial charge on any atom is -0.453 e. The molecule has 0 bridgehead atoms. The largest absolute Gasteiger partial charge is 0.453 e. The molecule has 2 aliphatic rings. The number of anilines is 3. The van der Waals surface area contributed by atoms with Gasteiger partial charge in [-0.25, -0.2) is 0 Å². The summed E-state index contributed by atoms with van der Waals surface area (Å²) < 4.78 is 6.38. The van der Waals surface area contributed by atoms with Crippen LogP contribution in [0.2, 0.25) is 0 Å². The molecule has 2 heterocycles. The van der Waals surface area contributed by atoms with Crippen LogP contribution in [0.5, 0.6) is 11.5 Å². The summed E-state index contributed by atoms with van der Waals surface area (Å²) in [5.41, 5.74) is 11.5. The highest BCUT2D eigenvalue weighted by atomic mass is 16.5. The maximum Gasteiger partial charge on any atom is 0.151 e. The molecule has 0 radical (unpaired) electrons. The van der Waals surface area contributed by atoms with Crippen molar-refractivity contribution in [1.29, 1.82) is 0 Å². The van der Waals surface area contributed by atoms with Crippen molar-refractivity contribution in [2.75, 3.05) is 4.90 Å².